The van der Waals surface area contributed by atoms with Gasteiger partial charge in [-0.1, -0.05) is 27.7 Å². The first-order chi connectivity index (χ1) is 7.76. The molecular formula is C13H22N2O2. The van der Waals surface area contributed by atoms with Crippen molar-refractivity contribution in [2.75, 3.05) is 19.6 Å². The molecule has 4 heteroatoms. The molecule has 0 bridgehead atoms. The first kappa shape index (κ1) is 12.4. The van der Waals surface area contributed by atoms with Crippen LogP contribution in [-0.2, 0) is 9.59 Å². The predicted molar refractivity (Wildman–Crippen MR) is 65.3 cm³/mol. The number of nitrogens with zero attached hydrogens (tertiary/aromatic N) is 1. The highest BCUT2D eigenvalue weighted by Crippen LogP contribution is 2.68. The van der Waals surface area contributed by atoms with E-state index in [1.165, 1.54) is 0 Å². The zero-order chi connectivity index (χ0) is 12.8. The molecule has 2 amide bonds. The molecule has 0 aromatic rings. The van der Waals surface area contributed by atoms with E-state index in [-0.39, 0.29) is 29.2 Å². The number of hydrogen-bond acceptors (Lipinski definition) is 2. The molecule has 2 aliphatic rings. The molecule has 4 nitrogen and oxygen atoms in total. The number of carbonyl (C=O) groups is 2. The maximum atomic E-state index is 11.9. The number of nitrogens with one attached hydrogen (secondary N) is 1. The summed E-state index contributed by atoms with van der Waals surface area (Å²) >= 11 is 0. The van der Waals surface area contributed by atoms with Gasteiger partial charge in [-0.15, -0.1) is 0 Å². The highest BCUT2D eigenvalue weighted by molar-refractivity contribution is 5.87. The smallest absolute Gasteiger partial charge is 0.241 e. The lowest BCUT2D eigenvalue weighted by Crippen LogP contribution is -2.37. The van der Waals surface area contributed by atoms with Gasteiger partial charge in [-0.2, -0.15) is 0 Å². The second-order valence-corrected chi connectivity index (χ2v) is 6.36. The molecule has 0 radical (unpaired) electrons. The summed E-state index contributed by atoms with van der Waals surface area (Å²) in [4.78, 5) is 24.9. The first-order valence-corrected chi connectivity index (χ1v) is 6.31. The highest BCUT2D eigenvalue weighted by atomic mass is 16.2. The molecule has 1 saturated carbocycles. The number of hydrogen-bond donors (Lipinski definition) is 1. The zero-order valence-corrected chi connectivity index (χ0v) is 11.2. The molecule has 1 aliphatic heterocycles. The van der Waals surface area contributed by atoms with Gasteiger partial charge in [0.15, 0.2) is 0 Å². The van der Waals surface area contributed by atoms with Crippen molar-refractivity contribution in [1.82, 2.24) is 10.2 Å². The zero-order valence-electron chi connectivity index (χ0n) is 11.2. The molecule has 2 fully saturated rings. The van der Waals surface area contributed by atoms with Crippen molar-refractivity contribution in [3.8, 4) is 0 Å². The summed E-state index contributed by atoms with van der Waals surface area (Å²) in [5, 5.41) is 2.63. The van der Waals surface area contributed by atoms with Crippen molar-refractivity contribution < 1.29 is 9.59 Å². The van der Waals surface area contributed by atoms with Crippen LogP contribution in [0.4, 0.5) is 0 Å². The maximum Gasteiger partial charge on any atom is 0.241 e. The van der Waals surface area contributed by atoms with E-state index in [2.05, 4.69) is 33.0 Å². The minimum Gasteiger partial charge on any atom is -0.347 e. The average Bonchev–Trinajstić information content (AvgIpc) is 2.68. The summed E-state index contributed by atoms with van der Waals surface area (Å²) in [5.74, 6) is 0.566. The fourth-order valence-corrected chi connectivity index (χ4v) is 2.94. The SMILES string of the molecule is CC1(C)C(CN2CCC(=O)NCC2=O)C1(C)C. The van der Waals surface area contributed by atoms with Gasteiger partial charge in [0, 0.05) is 19.5 Å². The number of carbonyl (C=O) groups excluding carboxylic acids is 2. The van der Waals surface area contributed by atoms with Crippen LogP contribution in [0.1, 0.15) is 34.1 Å². The van der Waals surface area contributed by atoms with Crippen molar-refractivity contribution >= 4 is 11.8 Å². The standard InChI is InChI=1S/C13H22N2O2/c1-12(2)9(13(12,3)4)8-15-6-5-10(16)14-7-11(15)17/h9H,5-8H2,1-4H3,(H,14,16). The van der Waals surface area contributed by atoms with E-state index in [1.807, 2.05) is 4.90 Å². The third-order valence-electron chi connectivity index (χ3n) is 5.12. The summed E-state index contributed by atoms with van der Waals surface area (Å²) in [7, 11) is 0. The summed E-state index contributed by atoms with van der Waals surface area (Å²) in [6, 6.07) is 0. The minimum absolute atomic E-state index is 0.0184. The van der Waals surface area contributed by atoms with Crippen molar-refractivity contribution in [2.45, 2.75) is 34.1 Å². The largest absolute Gasteiger partial charge is 0.347 e. The van der Waals surface area contributed by atoms with E-state index in [9.17, 15) is 9.59 Å². The van der Waals surface area contributed by atoms with Gasteiger partial charge in [0.05, 0.1) is 6.54 Å². The highest BCUT2D eigenvalue weighted by Gasteiger charge is 2.64. The number of amides is 2. The summed E-state index contributed by atoms with van der Waals surface area (Å²) in [6.45, 7) is 10.5. The molecule has 0 aromatic heterocycles. The quantitative estimate of drug-likeness (QED) is 0.780. The molecular weight excluding hydrogens is 216 g/mol. The van der Waals surface area contributed by atoms with Crippen molar-refractivity contribution in [2.24, 2.45) is 16.7 Å². The van der Waals surface area contributed by atoms with Crippen molar-refractivity contribution in [3.05, 3.63) is 0 Å². The topological polar surface area (TPSA) is 49.4 Å². The molecule has 1 N–H and O–H groups in total. The van der Waals surface area contributed by atoms with Gasteiger partial charge in [0.25, 0.3) is 0 Å². The lowest BCUT2D eigenvalue weighted by molar-refractivity contribution is -0.130. The summed E-state index contributed by atoms with van der Waals surface area (Å²) < 4.78 is 0. The molecule has 2 rings (SSSR count). The van der Waals surface area contributed by atoms with Crippen LogP contribution in [0.3, 0.4) is 0 Å². The Balaban J connectivity index is 2.00. The van der Waals surface area contributed by atoms with Crippen LogP contribution >= 0.6 is 0 Å². The van der Waals surface area contributed by atoms with Gasteiger partial charge in [0.2, 0.25) is 11.8 Å². The van der Waals surface area contributed by atoms with E-state index < -0.39 is 0 Å². The predicted octanol–water partition coefficient (Wildman–Crippen LogP) is 1.02. The maximum absolute atomic E-state index is 11.9. The third-order valence-corrected chi connectivity index (χ3v) is 5.12. The Bertz CT molecular complexity index is 346. The van der Waals surface area contributed by atoms with Gasteiger partial charge < -0.3 is 10.2 Å². The van der Waals surface area contributed by atoms with Crippen LogP contribution in [0.25, 0.3) is 0 Å². The van der Waals surface area contributed by atoms with Gasteiger partial charge in [-0.25, -0.2) is 0 Å². The monoisotopic (exact) mass is 238 g/mol. The average molecular weight is 238 g/mol. The Morgan fingerprint density at radius 1 is 1.24 bits per heavy atom. The van der Waals surface area contributed by atoms with Gasteiger partial charge in [0.1, 0.15) is 0 Å². The minimum atomic E-state index is -0.0184. The molecule has 1 heterocycles. The van der Waals surface area contributed by atoms with Crippen LogP contribution in [0.5, 0.6) is 0 Å². The van der Waals surface area contributed by atoms with Crippen LogP contribution in [0, 0.1) is 16.7 Å². The van der Waals surface area contributed by atoms with E-state index in [1.54, 1.807) is 0 Å². The van der Waals surface area contributed by atoms with Gasteiger partial charge in [-0.05, 0) is 16.7 Å². The second kappa shape index (κ2) is 3.72. The van der Waals surface area contributed by atoms with Crippen LogP contribution in [0.15, 0.2) is 0 Å². The van der Waals surface area contributed by atoms with Crippen molar-refractivity contribution in [1.29, 1.82) is 0 Å². The van der Waals surface area contributed by atoms with Gasteiger partial charge >= 0.3 is 0 Å². The van der Waals surface area contributed by atoms with Crippen LogP contribution < -0.4 is 5.32 Å². The molecule has 96 valence electrons. The fraction of sp³-hybridized carbons (Fsp3) is 0.846. The molecule has 0 aromatic carbocycles. The molecule has 1 saturated heterocycles. The normalized spacial score (nSPS) is 27.6. The van der Waals surface area contributed by atoms with E-state index in [0.717, 1.165) is 6.54 Å². The lowest BCUT2D eigenvalue weighted by atomic mass is 10.0. The Kier molecular flexibility index (Phi) is 2.71. The van der Waals surface area contributed by atoms with E-state index in [0.29, 0.717) is 18.9 Å². The summed E-state index contributed by atoms with van der Waals surface area (Å²) in [6.07, 6.45) is 0.430. The molecule has 0 atom stereocenters. The van der Waals surface area contributed by atoms with Crippen LogP contribution in [0.2, 0.25) is 0 Å². The molecule has 0 spiro atoms. The third kappa shape index (κ3) is 1.94. The van der Waals surface area contributed by atoms with Crippen molar-refractivity contribution in [3.63, 3.8) is 0 Å². The van der Waals surface area contributed by atoms with E-state index in [4.69, 9.17) is 0 Å². The Morgan fingerprint density at radius 2 is 1.82 bits per heavy atom. The molecule has 1 aliphatic carbocycles. The molecule has 0 unspecified atom stereocenters. The van der Waals surface area contributed by atoms with Gasteiger partial charge in [-0.3, -0.25) is 9.59 Å². The van der Waals surface area contributed by atoms with Crippen LogP contribution in [-0.4, -0.2) is 36.3 Å². The first-order valence-electron chi connectivity index (χ1n) is 6.31. The Morgan fingerprint density at radius 3 is 2.35 bits per heavy atom. The number of rotatable bonds is 2. The fourth-order valence-electron chi connectivity index (χ4n) is 2.94. The Hall–Kier alpha value is -1.06. The molecule has 17 heavy (non-hydrogen) atoms. The lowest BCUT2D eigenvalue weighted by Gasteiger charge is -2.20. The second-order valence-electron chi connectivity index (χ2n) is 6.36. The Labute approximate surface area is 103 Å². The van der Waals surface area contributed by atoms with E-state index >= 15 is 0 Å². The summed E-state index contributed by atoms with van der Waals surface area (Å²) in [5.41, 5.74) is 0.577.